The molecule has 0 saturated heterocycles. The molecule has 3 aromatic rings. The van der Waals surface area contributed by atoms with Crippen molar-refractivity contribution in [3.05, 3.63) is 94.3 Å². The summed E-state index contributed by atoms with van der Waals surface area (Å²) < 4.78 is 19.5. The van der Waals surface area contributed by atoms with Crippen LogP contribution in [-0.4, -0.2) is 35.6 Å². The van der Waals surface area contributed by atoms with E-state index in [1.165, 1.54) is 18.2 Å². The number of carbonyl (C=O) groups excluding carboxylic acids is 1. The van der Waals surface area contributed by atoms with E-state index < -0.39 is 24.1 Å². The monoisotopic (exact) mass is 455 g/mol. The van der Waals surface area contributed by atoms with Gasteiger partial charge in [0.25, 0.3) is 0 Å². The predicted octanol–water partition coefficient (Wildman–Crippen LogP) is 4.80. The largest absolute Gasteiger partial charge is 0.449 e. The number of ether oxygens (including phenoxy) is 1. The Morgan fingerprint density at radius 3 is 2.28 bits per heavy atom. The van der Waals surface area contributed by atoms with Crippen molar-refractivity contribution in [1.29, 1.82) is 0 Å². The highest BCUT2D eigenvalue weighted by Crippen LogP contribution is 2.44. The summed E-state index contributed by atoms with van der Waals surface area (Å²) in [6.07, 6.45) is -3.35. The Morgan fingerprint density at radius 2 is 1.62 bits per heavy atom. The number of nitrogens with one attached hydrogen (secondary N) is 1. The zero-order chi connectivity index (χ0) is 22.7. The number of carbonyl (C=O) groups is 1. The number of benzene rings is 3. The van der Waals surface area contributed by atoms with Crippen LogP contribution in [0.2, 0.25) is 5.02 Å². The second-order valence-electron chi connectivity index (χ2n) is 7.70. The maximum Gasteiger partial charge on any atom is 0.407 e. The van der Waals surface area contributed by atoms with E-state index >= 15 is 0 Å². The van der Waals surface area contributed by atoms with E-state index in [1.54, 1.807) is 0 Å². The molecule has 0 bridgehead atoms. The van der Waals surface area contributed by atoms with Gasteiger partial charge in [-0.15, -0.1) is 0 Å². The van der Waals surface area contributed by atoms with Gasteiger partial charge in [-0.05, 0) is 34.7 Å². The van der Waals surface area contributed by atoms with Gasteiger partial charge in [-0.3, -0.25) is 0 Å². The first-order valence-electron chi connectivity index (χ1n) is 10.4. The molecule has 1 aliphatic carbocycles. The molecule has 0 fully saturated rings. The molecular weight excluding hydrogens is 433 g/mol. The van der Waals surface area contributed by atoms with E-state index in [0.717, 1.165) is 22.3 Å². The number of rotatable bonds is 7. The Hall–Kier alpha value is -2.93. The third-order valence-corrected chi connectivity index (χ3v) is 6.01. The van der Waals surface area contributed by atoms with Crippen LogP contribution < -0.4 is 5.32 Å². The van der Waals surface area contributed by atoms with Gasteiger partial charge in [-0.1, -0.05) is 72.3 Å². The second-order valence-corrected chi connectivity index (χ2v) is 8.10. The van der Waals surface area contributed by atoms with Crippen LogP contribution in [0.4, 0.5) is 9.18 Å². The summed E-state index contributed by atoms with van der Waals surface area (Å²) in [6, 6.07) is 20.3. The Morgan fingerprint density at radius 1 is 1.00 bits per heavy atom. The molecule has 1 amide bonds. The van der Waals surface area contributed by atoms with Crippen molar-refractivity contribution >= 4 is 17.7 Å². The maximum atomic E-state index is 14.0. The van der Waals surface area contributed by atoms with Crippen LogP contribution in [0.1, 0.15) is 35.1 Å². The summed E-state index contributed by atoms with van der Waals surface area (Å²) >= 11 is 5.72. The van der Waals surface area contributed by atoms with Gasteiger partial charge < -0.3 is 20.3 Å². The molecule has 1 aliphatic rings. The van der Waals surface area contributed by atoms with E-state index in [0.29, 0.717) is 0 Å². The average molecular weight is 456 g/mol. The summed E-state index contributed by atoms with van der Waals surface area (Å²) in [6.45, 7) is 0.232. The van der Waals surface area contributed by atoms with Gasteiger partial charge in [0.05, 0.1) is 11.1 Å². The average Bonchev–Trinajstić information content (AvgIpc) is 3.13. The van der Waals surface area contributed by atoms with Crippen LogP contribution >= 0.6 is 11.6 Å². The molecule has 0 aliphatic heterocycles. The van der Waals surface area contributed by atoms with Crippen LogP contribution in [0.25, 0.3) is 11.1 Å². The Balaban J connectivity index is 1.29. The molecule has 0 spiro atoms. The lowest BCUT2D eigenvalue weighted by molar-refractivity contribution is 0.0116. The van der Waals surface area contributed by atoms with Crippen LogP contribution in [-0.2, 0) is 4.74 Å². The molecule has 2 unspecified atom stereocenters. The Bertz CT molecular complexity index is 1080. The second kappa shape index (κ2) is 9.69. The molecule has 5 nitrogen and oxygen atoms in total. The Labute approximate surface area is 190 Å². The van der Waals surface area contributed by atoms with E-state index in [2.05, 4.69) is 17.4 Å². The lowest BCUT2D eigenvalue weighted by atomic mass is 9.98. The summed E-state index contributed by atoms with van der Waals surface area (Å²) in [7, 11) is 0. The molecule has 0 saturated carbocycles. The van der Waals surface area contributed by atoms with E-state index in [1.807, 2.05) is 36.4 Å². The molecule has 3 aromatic carbocycles. The lowest BCUT2D eigenvalue weighted by Crippen LogP contribution is -2.31. The molecule has 7 heteroatoms. The summed E-state index contributed by atoms with van der Waals surface area (Å²) in [5.41, 5.74) is 4.42. The fourth-order valence-electron chi connectivity index (χ4n) is 4.09. The van der Waals surface area contributed by atoms with Crippen molar-refractivity contribution in [3.8, 4) is 11.1 Å². The number of hydrogen-bond donors (Lipinski definition) is 3. The molecule has 0 aromatic heterocycles. The quantitative estimate of drug-likeness (QED) is 0.478. The molecule has 3 N–H and O–H groups in total. The van der Waals surface area contributed by atoms with Crippen LogP contribution in [0.15, 0.2) is 66.7 Å². The number of aliphatic hydroxyl groups excluding tert-OH is 2. The van der Waals surface area contributed by atoms with Crippen LogP contribution in [0.5, 0.6) is 0 Å². The van der Waals surface area contributed by atoms with Gasteiger partial charge >= 0.3 is 6.09 Å². The van der Waals surface area contributed by atoms with E-state index in [9.17, 15) is 19.4 Å². The lowest BCUT2D eigenvalue weighted by Gasteiger charge is -2.19. The Kier molecular flexibility index (Phi) is 6.74. The van der Waals surface area contributed by atoms with Crippen molar-refractivity contribution in [2.45, 2.75) is 24.5 Å². The number of fused-ring (bicyclic) bond motifs is 3. The highest BCUT2D eigenvalue weighted by molar-refractivity contribution is 6.30. The van der Waals surface area contributed by atoms with Gasteiger partial charge in [0.1, 0.15) is 18.5 Å². The maximum absolute atomic E-state index is 14.0. The number of hydrogen-bond acceptors (Lipinski definition) is 4. The van der Waals surface area contributed by atoms with Crippen molar-refractivity contribution < 1.29 is 24.1 Å². The highest BCUT2D eigenvalue weighted by atomic mass is 35.5. The minimum atomic E-state index is -1.46. The summed E-state index contributed by atoms with van der Waals surface area (Å²) in [5, 5.41) is 22.8. The standard InChI is InChI=1S/C25H23ClFNO4/c26-21-11-5-10-19(23(21)27)24(30)22(29)12-13-28-25(31)32-14-20-17-8-3-1-6-15(17)16-7-2-4-9-18(16)20/h1-11,20,22,24,29-30H,12-14H2,(H,28,31). The summed E-state index contributed by atoms with van der Waals surface area (Å²) in [4.78, 5) is 12.2. The van der Waals surface area contributed by atoms with Gasteiger partial charge in [0.15, 0.2) is 0 Å². The molecule has 2 atom stereocenters. The number of amides is 1. The van der Waals surface area contributed by atoms with E-state index in [4.69, 9.17) is 16.3 Å². The van der Waals surface area contributed by atoms with Crippen LogP contribution in [0.3, 0.4) is 0 Å². The third kappa shape index (κ3) is 4.48. The predicted molar refractivity (Wildman–Crippen MR) is 120 cm³/mol. The first kappa shape index (κ1) is 22.3. The topological polar surface area (TPSA) is 78.8 Å². The van der Waals surface area contributed by atoms with Crippen LogP contribution in [0, 0.1) is 5.82 Å². The number of alkyl carbamates (subject to hydrolysis) is 1. The fraction of sp³-hybridized carbons (Fsp3) is 0.240. The zero-order valence-electron chi connectivity index (χ0n) is 17.2. The first-order valence-corrected chi connectivity index (χ1v) is 10.7. The van der Waals surface area contributed by atoms with E-state index in [-0.39, 0.29) is 36.1 Å². The van der Waals surface area contributed by atoms with Gasteiger partial charge in [0, 0.05) is 18.0 Å². The van der Waals surface area contributed by atoms with Crippen molar-refractivity contribution in [3.63, 3.8) is 0 Å². The van der Waals surface area contributed by atoms with Crippen molar-refractivity contribution in [2.75, 3.05) is 13.2 Å². The SMILES string of the molecule is O=C(NCCC(O)C(O)c1cccc(Cl)c1F)OCC1c2ccccc2-c2ccccc21. The molecule has 32 heavy (non-hydrogen) atoms. The normalized spacial score (nSPS) is 14.4. The van der Waals surface area contributed by atoms with Gasteiger partial charge in [0.2, 0.25) is 0 Å². The molecule has 4 rings (SSSR count). The minimum absolute atomic E-state index is 0.0112. The summed E-state index contributed by atoms with van der Waals surface area (Å²) in [5.74, 6) is -0.823. The van der Waals surface area contributed by atoms with Crippen molar-refractivity contribution in [1.82, 2.24) is 5.32 Å². The number of aliphatic hydroxyl groups is 2. The molecule has 166 valence electrons. The smallest absolute Gasteiger partial charge is 0.407 e. The highest BCUT2D eigenvalue weighted by Gasteiger charge is 2.29. The zero-order valence-corrected chi connectivity index (χ0v) is 17.9. The molecule has 0 radical (unpaired) electrons. The number of halogens is 2. The van der Waals surface area contributed by atoms with Crippen molar-refractivity contribution in [2.24, 2.45) is 0 Å². The third-order valence-electron chi connectivity index (χ3n) is 5.72. The van der Waals surface area contributed by atoms with Gasteiger partial charge in [-0.25, -0.2) is 9.18 Å². The fourth-order valence-corrected chi connectivity index (χ4v) is 4.27. The minimum Gasteiger partial charge on any atom is -0.449 e. The molecular formula is C25H23ClFNO4. The van der Waals surface area contributed by atoms with Gasteiger partial charge in [-0.2, -0.15) is 0 Å². The molecule has 0 heterocycles. The first-order chi connectivity index (χ1) is 15.5.